The monoisotopic (exact) mass is 254 g/mol. The molecule has 0 aliphatic carbocycles. The molecule has 0 saturated heterocycles. The van der Waals surface area contributed by atoms with Crippen molar-refractivity contribution in [1.82, 2.24) is 10.3 Å². The molecule has 2 nitrogen and oxygen atoms in total. The lowest BCUT2D eigenvalue weighted by Gasteiger charge is -2.23. The molecule has 2 heteroatoms. The third-order valence-electron chi connectivity index (χ3n) is 3.55. The minimum atomic E-state index is 0.328. The van der Waals surface area contributed by atoms with E-state index in [1.165, 1.54) is 16.7 Å². The topological polar surface area (TPSA) is 24.9 Å². The number of aromatic nitrogens is 1. The maximum absolute atomic E-state index is 4.07. The molecule has 1 heterocycles. The van der Waals surface area contributed by atoms with Gasteiger partial charge in [0.2, 0.25) is 0 Å². The van der Waals surface area contributed by atoms with Gasteiger partial charge in [-0.1, -0.05) is 36.8 Å². The van der Waals surface area contributed by atoms with Gasteiger partial charge in [0, 0.05) is 24.5 Å². The summed E-state index contributed by atoms with van der Waals surface area (Å²) in [6.45, 7) is 6.54. The molecule has 0 fully saturated rings. The van der Waals surface area contributed by atoms with Gasteiger partial charge in [0.15, 0.2) is 0 Å². The van der Waals surface area contributed by atoms with Crippen LogP contribution < -0.4 is 5.32 Å². The van der Waals surface area contributed by atoms with Crippen LogP contribution in [0.2, 0.25) is 0 Å². The minimum Gasteiger partial charge on any atom is -0.303 e. The Kier molecular flexibility index (Phi) is 4.69. The van der Waals surface area contributed by atoms with Crippen LogP contribution in [0.25, 0.3) is 0 Å². The third kappa shape index (κ3) is 3.65. The summed E-state index contributed by atoms with van der Waals surface area (Å²) in [6.07, 6.45) is 4.78. The highest BCUT2D eigenvalue weighted by Gasteiger charge is 2.13. The molecule has 1 aromatic carbocycles. The summed E-state index contributed by atoms with van der Waals surface area (Å²) in [6, 6.07) is 13.6. The van der Waals surface area contributed by atoms with Gasteiger partial charge in [-0.15, -0.1) is 0 Å². The van der Waals surface area contributed by atoms with Crippen LogP contribution in [0.15, 0.2) is 48.8 Å². The van der Waals surface area contributed by atoms with E-state index in [-0.39, 0.29) is 0 Å². The van der Waals surface area contributed by atoms with Gasteiger partial charge in [-0.05, 0) is 43.5 Å². The Morgan fingerprint density at radius 2 is 1.63 bits per heavy atom. The predicted octanol–water partition coefficient (Wildman–Crippen LogP) is 4.19. The molecule has 1 aromatic heterocycles. The quantitative estimate of drug-likeness (QED) is 0.865. The van der Waals surface area contributed by atoms with Crippen LogP contribution >= 0.6 is 0 Å². The Morgan fingerprint density at radius 3 is 2.21 bits per heavy atom. The number of hydrogen-bond donors (Lipinski definition) is 1. The number of nitrogens with zero attached hydrogens (tertiary/aromatic N) is 1. The Labute approximate surface area is 115 Å². The van der Waals surface area contributed by atoms with E-state index in [1.54, 1.807) is 0 Å². The van der Waals surface area contributed by atoms with Crippen molar-refractivity contribution in [1.29, 1.82) is 0 Å². The highest BCUT2D eigenvalue weighted by Crippen LogP contribution is 2.22. The number of benzene rings is 1. The van der Waals surface area contributed by atoms with Crippen molar-refractivity contribution in [3.05, 3.63) is 65.5 Å². The summed E-state index contributed by atoms with van der Waals surface area (Å²) in [7, 11) is 0. The van der Waals surface area contributed by atoms with Crippen molar-refractivity contribution in [3.63, 3.8) is 0 Å². The van der Waals surface area contributed by atoms with E-state index in [4.69, 9.17) is 0 Å². The fourth-order valence-corrected chi connectivity index (χ4v) is 2.30. The molecule has 19 heavy (non-hydrogen) atoms. The fourth-order valence-electron chi connectivity index (χ4n) is 2.30. The number of hydrogen-bond acceptors (Lipinski definition) is 2. The van der Waals surface area contributed by atoms with Crippen LogP contribution in [0, 0.1) is 6.92 Å². The second-order valence-corrected chi connectivity index (χ2v) is 5.04. The molecule has 0 bridgehead atoms. The van der Waals surface area contributed by atoms with E-state index in [9.17, 15) is 0 Å². The summed E-state index contributed by atoms with van der Waals surface area (Å²) < 4.78 is 0. The zero-order valence-electron chi connectivity index (χ0n) is 11.9. The van der Waals surface area contributed by atoms with Crippen LogP contribution in [0.3, 0.4) is 0 Å². The first-order chi connectivity index (χ1) is 9.20. The molecule has 0 aliphatic rings. The molecule has 2 aromatic rings. The van der Waals surface area contributed by atoms with E-state index < -0.39 is 0 Å². The SMILES string of the molecule is CCC(N[C@H](C)c1ccncc1)c1ccc(C)cc1. The van der Waals surface area contributed by atoms with Gasteiger partial charge in [-0.25, -0.2) is 0 Å². The second kappa shape index (κ2) is 6.48. The maximum atomic E-state index is 4.07. The summed E-state index contributed by atoms with van der Waals surface area (Å²) >= 11 is 0. The van der Waals surface area contributed by atoms with Crippen LogP contribution in [0.5, 0.6) is 0 Å². The Balaban J connectivity index is 2.09. The fraction of sp³-hybridized carbons (Fsp3) is 0.353. The number of pyridine rings is 1. The highest BCUT2D eigenvalue weighted by atomic mass is 14.9. The molecule has 0 amide bonds. The van der Waals surface area contributed by atoms with Crippen molar-refractivity contribution >= 4 is 0 Å². The zero-order chi connectivity index (χ0) is 13.7. The highest BCUT2D eigenvalue weighted by molar-refractivity contribution is 5.25. The van der Waals surface area contributed by atoms with Crippen molar-refractivity contribution in [2.75, 3.05) is 0 Å². The van der Waals surface area contributed by atoms with Gasteiger partial charge in [0.25, 0.3) is 0 Å². The minimum absolute atomic E-state index is 0.328. The van der Waals surface area contributed by atoms with Gasteiger partial charge in [0.05, 0.1) is 0 Å². The number of aryl methyl sites for hydroxylation is 1. The lowest BCUT2D eigenvalue weighted by atomic mass is 10.0. The lowest BCUT2D eigenvalue weighted by molar-refractivity contribution is 0.456. The summed E-state index contributed by atoms with van der Waals surface area (Å²) in [5, 5.41) is 3.69. The smallest absolute Gasteiger partial charge is 0.0323 e. The largest absolute Gasteiger partial charge is 0.303 e. The summed E-state index contributed by atoms with van der Waals surface area (Å²) in [5.74, 6) is 0. The molecule has 100 valence electrons. The van der Waals surface area contributed by atoms with Crippen LogP contribution in [-0.4, -0.2) is 4.98 Å². The normalized spacial score (nSPS) is 14.1. The first kappa shape index (κ1) is 13.8. The molecular weight excluding hydrogens is 232 g/mol. The molecular formula is C17H22N2. The Morgan fingerprint density at radius 1 is 1.00 bits per heavy atom. The zero-order valence-corrected chi connectivity index (χ0v) is 11.9. The van der Waals surface area contributed by atoms with Gasteiger partial charge in [-0.3, -0.25) is 4.98 Å². The Hall–Kier alpha value is -1.67. The van der Waals surface area contributed by atoms with Gasteiger partial charge in [-0.2, -0.15) is 0 Å². The second-order valence-electron chi connectivity index (χ2n) is 5.04. The molecule has 0 spiro atoms. The van der Waals surface area contributed by atoms with Crippen molar-refractivity contribution in [2.24, 2.45) is 0 Å². The predicted molar refractivity (Wildman–Crippen MR) is 80.0 cm³/mol. The summed E-state index contributed by atoms with van der Waals surface area (Å²) in [5.41, 5.74) is 3.94. The molecule has 2 atom stereocenters. The van der Waals surface area contributed by atoms with Crippen LogP contribution in [-0.2, 0) is 0 Å². The third-order valence-corrected chi connectivity index (χ3v) is 3.55. The summed E-state index contributed by atoms with van der Waals surface area (Å²) in [4.78, 5) is 4.07. The molecule has 2 rings (SSSR count). The molecule has 1 N–H and O–H groups in total. The van der Waals surface area contributed by atoms with Gasteiger partial charge < -0.3 is 5.32 Å². The molecule has 0 aliphatic heterocycles. The maximum Gasteiger partial charge on any atom is 0.0323 e. The lowest BCUT2D eigenvalue weighted by Crippen LogP contribution is -2.24. The van der Waals surface area contributed by atoms with Crippen LogP contribution in [0.4, 0.5) is 0 Å². The molecule has 1 unspecified atom stereocenters. The van der Waals surface area contributed by atoms with Crippen LogP contribution in [0.1, 0.15) is 49.0 Å². The number of nitrogens with one attached hydrogen (secondary N) is 1. The van der Waals surface area contributed by atoms with Crippen molar-refractivity contribution in [3.8, 4) is 0 Å². The molecule has 0 radical (unpaired) electrons. The first-order valence-electron chi connectivity index (χ1n) is 6.93. The number of rotatable bonds is 5. The Bertz CT molecular complexity index is 490. The first-order valence-corrected chi connectivity index (χ1v) is 6.93. The van der Waals surface area contributed by atoms with E-state index >= 15 is 0 Å². The molecule has 0 saturated carbocycles. The van der Waals surface area contributed by atoms with E-state index in [0.717, 1.165) is 6.42 Å². The average Bonchev–Trinajstić information content (AvgIpc) is 2.46. The van der Waals surface area contributed by atoms with Crippen molar-refractivity contribution in [2.45, 2.75) is 39.3 Å². The van der Waals surface area contributed by atoms with Gasteiger partial charge in [0.1, 0.15) is 0 Å². The van der Waals surface area contributed by atoms with E-state index in [0.29, 0.717) is 12.1 Å². The average molecular weight is 254 g/mol. The van der Waals surface area contributed by atoms with Gasteiger partial charge >= 0.3 is 0 Å². The van der Waals surface area contributed by atoms with E-state index in [2.05, 4.69) is 67.5 Å². The standard InChI is InChI=1S/C17H22N2/c1-4-17(16-7-5-13(2)6-8-16)19-14(3)15-9-11-18-12-10-15/h5-12,14,17,19H,4H2,1-3H3/t14-,17?/m1/s1. The van der Waals surface area contributed by atoms with Crippen molar-refractivity contribution < 1.29 is 0 Å². The van der Waals surface area contributed by atoms with E-state index in [1.807, 2.05) is 12.4 Å².